The molecule has 21 heavy (non-hydrogen) atoms. The fourth-order valence-electron chi connectivity index (χ4n) is 2.26. The van der Waals surface area contributed by atoms with Gasteiger partial charge in [-0.2, -0.15) is 0 Å². The van der Waals surface area contributed by atoms with Gasteiger partial charge in [0, 0.05) is 10.2 Å². The average molecular weight is 342 g/mol. The van der Waals surface area contributed by atoms with E-state index in [4.69, 9.17) is 0 Å². The van der Waals surface area contributed by atoms with Gasteiger partial charge in [-0.25, -0.2) is 0 Å². The summed E-state index contributed by atoms with van der Waals surface area (Å²) in [4.78, 5) is 23.7. The highest BCUT2D eigenvalue weighted by molar-refractivity contribution is 9.10. The van der Waals surface area contributed by atoms with Gasteiger partial charge in [0.25, 0.3) is 5.43 Å². The van der Waals surface area contributed by atoms with E-state index < -0.39 is 10.9 Å². The van der Waals surface area contributed by atoms with Crippen LogP contribution in [0.5, 0.6) is 0 Å². The first kappa shape index (κ1) is 13.8. The maximum absolute atomic E-state index is 11.8. The molecule has 0 amide bonds. The molecule has 0 aromatic heterocycles. The molecule has 3 aromatic carbocycles. The first-order chi connectivity index (χ1) is 10.1. The summed E-state index contributed by atoms with van der Waals surface area (Å²) in [6.45, 7) is 1.97. The molecule has 0 unspecified atom stereocenters. The normalized spacial score (nSPS) is 10.8. The van der Waals surface area contributed by atoms with E-state index in [0.717, 1.165) is 21.3 Å². The summed E-state index contributed by atoms with van der Waals surface area (Å²) in [7, 11) is 0. The minimum absolute atomic E-state index is 0.368. The molecular formula is C17H12BrNO2. The van der Waals surface area contributed by atoms with E-state index in [9.17, 15) is 9.59 Å². The van der Waals surface area contributed by atoms with Crippen LogP contribution in [0.25, 0.3) is 11.1 Å². The highest BCUT2D eigenvalue weighted by Gasteiger charge is 2.22. The third-order valence-corrected chi connectivity index (χ3v) is 4.29. The Morgan fingerprint density at radius 3 is 2.33 bits per heavy atom. The number of halogens is 1. The van der Waals surface area contributed by atoms with E-state index >= 15 is 0 Å². The molecule has 0 aliphatic rings. The second-order valence-corrected chi connectivity index (χ2v) is 5.72. The van der Waals surface area contributed by atoms with E-state index in [1.54, 1.807) is 0 Å². The minimum atomic E-state index is -0.463. The van der Waals surface area contributed by atoms with Crippen LogP contribution in [-0.2, 0) is 0 Å². The Kier molecular flexibility index (Phi) is 3.47. The lowest BCUT2D eigenvalue weighted by Crippen LogP contribution is -2.35. The minimum Gasteiger partial charge on any atom is -0.352 e. The van der Waals surface area contributed by atoms with Crippen molar-refractivity contribution in [3.63, 3.8) is 0 Å². The molecule has 0 bridgehead atoms. The molecule has 0 aliphatic heterocycles. The van der Waals surface area contributed by atoms with Gasteiger partial charge in [0.1, 0.15) is 5.69 Å². The maximum Gasteiger partial charge on any atom is 0.250 e. The lowest BCUT2D eigenvalue weighted by Gasteiger charge is -2.14. The Bertz CT molecular complexity index is 878. The van der Waals surface area contributed by atoms with Crippen molar-refractivity contribution < 1.29 is 0 Å². The number of benzene rings is 2. The molecule has 0 fully saturated rings. The lowest BCUT2D eigenvalue weighted by molar-refractivity contribution is 1.36. The largest absolute Gasteiger partial charge is 0.352 e. The second-order valence-electron chi connectivity index (χ2n) is 4.86. The molecule has 0 spiro atoms. The lowest BCUT2D eigenvalue weighted by atomic mass is 9.98. The first-order valence-corrected chi connectivity index (χ1v) is 7.29. The van der Waals surface area contributed by atoms with Gasteiger partial charge in [-0.05, 0) is 36.2 Å². The van der Waals surface area contributed by atoms with Crippen molar-refractivity contribution in [1.29, 1.82) is 0 Å². The molecule has 0 saturated carbocycles. The van der Waals surface area contributed by atoms with Gasteiger partial charge < -0.3 is 5.32 Å². The number of anilines is 2. The summed E-state index contributed by atoms with van der Waals surface area (Å²) < 4.78 is 1.00. The van der Waals surface area contributed by atoms with Crippen LogP contribution in [0.15, 0.2) is 62.6 Å². The average Bonchev–Trinajstić information content (AvgIpc) is 2.51. The quantitative estimate of drug-likeness (QED) is 0.737. The Balaban J connectivity index is 2.01. The number of hydrogen-bond donors (Lipinski definition) is 1. The highest BCUT2D eigenvalue weighted by atomic mass is 79.9. The first-order valence-electron chi connectivity index (χ1n) is 6.50. The van der Waals surface area contributed by atoms with E-state index in [1.165, 1.54) is 0 Å². The van der Waals surface area contributed by atoms with Crippen molar-refractivity contribution >= 4 is 27.3 Å². The van der Waals surface area contributed by atoms with Crippen molar-refractivity contribution in [1.82, 2.24) is 0 Å². The standard InChI is InChI=1S/C17H12BrNO2/c1-10-9-12(7-8-13(10)18)19-15-14(16(20)17(15)21)11-5-3-2-4-6-11/h2-9,19H,1H3. The molecule has 0 saturated heterocycles. The zero-order valence-corrected chi connectivity index (χ0v) is 12.9. The molecule has 3 aromatic rings. The molecule has 0 atom stereocenters. The van der Waals surface area contributed by atoms with Crippen LogP contribution >= 0.6 is 15.9 Å². The van der Waals surface area contributed by atoms with Gasteiger partial charge >= 0.3 is 0 Å². The molecule has 0 aliphatic carbocycles. The summed E-state index contributed by atoms with van der Waals surface area (Å²) in [5.41, 5.74) is 2.54. The molecule has 3 rings (SSSR count). The number of aryl methyl sites for hydroxylation is 1. The fraction of sp³-hybridized carbons (Fsp3) is 0.0588. The van der Waals surface area contributed by atoms with E-state index in [1.807, 2.05) is 55.5 Å². The SMILES string of the molecule is Cc1cc(Nc2c(-c3ccccc3)c(=O)c2=O)ccc1Br. The summed E-state index contributed by atoms with van der Waals surface area (Å²) in [5.74, 6) is 0. The molecule has 3 nitrogen and oxygen atoms in total. The zero-order valence-electron chi connectivity index (χ0n) is 11.3. The van der Waals surface area contributed by atoms with Crippen molar-refractivity contribution in [3.05, 3.63) is 79.0 Å². The van der Waals surface area contributed by atoms with Crippen LogP contribution in [0.3, 0.4) is 0 Å². The van der Waals surface area contributed by atoms with Gasteiger partial charge in [0.2, 0.25) is 5.43 Å². The van der Waals surface area contributed by atoms with Crippen LogP contribution in [0.1, 0.15) is 5.56 Å². The van der Waals surface area contributed by atoms with Crippen molar-refractivity contribution in [2.45, 2.75) is 6.92 Å². The third-order valence-electron chi connectivity index (χ3n) is 3.40. The van der Waals surface area contributed by atoms with E-state index in [0.29, 0.717) is 11.3 Å². The predicted octanol–water partition coefficient (Wildman–Crippen LogP) is 3.76. The molecule has 0 radical (unpaired) electrons. The Morgan fingerprint density at radius 1 is 0.952 bits per heavy atom. The summed E-state index contributed by atoms with van der Waals surface area (Å²) in [5, 5.41) is 3.06. The third kappa shape index (κ3) is 2.43. The fourth-order valence-corrected chi connectivity index (χ4v) is 2.50. The maximum atomic E-state index is 11.8. The van der Waals surface area contributed by atoms with E-state index in [2.05, 4.69) is 21.2 Å². The Morgan fingerprint density at radius 2 is 1.67 bits per heavy atom. The van der Waals surface area contributed by atoms with Gasteiger partial charge in [-0.1, -0.05) is 46.3 Å². The van der Waals surface area contributed by atoms with E-state index in [-0.39, 0.29) is 0 Å². The smallest absolute Gasteiger partial charge is 0.250 e. The molecular weight excluding hydrogens is 330 g/mol. The topological polar surface area (TPSA) is 46.2 Å². The summed E-state index contributed by atoms with van der Waals surface area (Å²) in [6.07, 6.45) is 0. The van der Waals surface area contributed by atoms with Gasteiger partial charge in [-0.3, -0.25) is 9.59 Å². The van der Waals surface area contributed by atoms with Crippen LogP contribution < -0.4 is 16.2 Å². The Hall–Kier alpha value is -2.20. The molecule has 0 heterocycles. The molecule has 104 valence electrons. The second kappa shape index (κ2) is 5.30. The van der Waals surface area contributed by atoms with Crippen LogP contribution in [0.2, 0.25) is 0 Å². The van der Waals surface area contributed by atoms with Crippen molar-refractivity contribution in [2.24, 2.45) is 0 Å². The number of hydrogen-bond acceptors (Lipinski definition) is 3. The Labute approximate surface area is 130 Å². The summed E-state index contributed by atoms with van der Waals surface area (Å²) >= 11 is 3.44. The van der Waals surface area contributed by atoms with Gasteiger partial charge in [-0.15, -0.1) is 0 Å². The molecule has 1 N–H and O–H groups in total. The van der Waals surface area contributed by atoms with Crippen LogP contribution in [0.4, 0.5) is 11.4 Å². The van der Waals surface area contributed by atoms with Crippen molar-refractivity contribution in [3.8, 4) is 11.1 Å². The molecule has 4 heteroatoms. The van der Waals surface area contributed by atoms with Crippen molar-refractivity contribution in [2.75, 3.05) is 5.32 Å². The van der Waals surface area contributed by atoms with Crippen LogP contribution in [-0.4, -0.2) is 0 Å². The predicted molar refractivity (Wildman–Crippen MR) is 89.0 cm³/mol. The van der Waals surface area contributed by atoms with Gasteiger partial charge in [0.15, 0.2) is 0 Å². The number of rotatable bonds is 3. The zero-order chi connectivity index (χ0) is 15.0. The highest BCUT2D eigenvalue weighted by Crippen LogP contribution is 2.27. The number of nitrogens with one attached hydrogen (secondary N) is 1. The van der Waals surface area contributed by atoms with Crippen LogP contribution in [0, 0.1) is 6.92 Å². The monoisotopic (exact) mass is 341 g/mol. The summed E-state index contributed by atoms with van der Waals surface area (Å²) in [6, 6.07) is 14.9. The van der Waals surface area contributed by atoms with Gasteiger partial charge in [0.05, 0.1) is 5.56 Å².